The van der Waals surface area contributed by atoms with Gasteiger partial charge in [-0.25, -0.2) is 0 Å². The summed E-state index contributed by atoms with van der Waals surface area (Å²) in [5.41, 5.74) is 1.03. The van der Waals surface area contributed by atoms with E-state index in [4.69, 9.17) is 0 Å². The number of unbranched alkanes of at least 4 members (excludes halogenated alkanes) is 14. The van der Waals surface area contributed by atoms with Crippen LogP contribution in [0, 0.1) is 0 Å². The minimum Gasteiger partial charge on any atom is -0.387 e. The zero-order valence-electron chi connectivity index (χ0n) is 25.8. The highest BCUT2D eigenvalue weighted by molar-refractivity contribution is 9.10. The largest absolute Gasteiger partial charge is 0.387 e. The minimum atomic E-state index is -0.491. The molecule has 2 atom stereocenters. The van der Waals surface area contributed by atoms with E-state index in [1.54, 1.807) is 0 Å². The monoisotopic (exact) mass is 609 g/mol. The van der Waals surface area contributed by atoms with Crippen LogP contribution < -0.4 is 0 Å². The summed E-state index contributed by atoms with van der Waals surface area (Å²) < 4.78 is 1.12. The smallest absolute Gasteiger partial charge is 0.0942 e. The molecule has 3 heteroatoms. The maximum Gasteiger partial charge on any atom is 0.0942 e. The molecule has 0 fully saturated rings. The molecule has 0 radical (unpaired) electrons. The van der Waals surface area contributed by atoms with Crippen molar-refractivity contribution in [3.63, 3.8) is 0 Å². The van der Waals surface area contributed by atoms with Crippen LogP contribution in [0.4, 0.5) is 0 Å². The van der Waals surface area contributed by atoms with Crippen LogP contribution in [-0.2, 0) is 0 Å². The molecule has 0 heterocycles. The van der Waals surface area contributed by atoms with Gasteiger partial charge in [0.1, 0.15) is 0 Å². The molecule has 40 heavy (non-hydrogen) atoms. The molecule has 0 bridgehead atoms. The second-order valence-electron chi connectivity index (χ2n) is 12.1. The maximum absolute atomic E-state index is 11.6. The zero-order valence-corrected chi connectivity index (χ0v) is 27.4. The third kappa shape index (κ3) is 10.4. The molecule has 0 saturated heterocycles. The summed E-state index contributed by atoms with van der Waals surface area (Å²) in [6, 6.07) is 17.4. The van der Waals surface area contributed by atoms with Crippen molar-refractivity contribution in [2.24, 2.45) is 0 Å². The van der Waals surface area contributed by atoms with Gasteiger partial charge in [0.2, 0.25) is 0 Å². The van der Waals surface area contributed by atoms with Gasteiger partial charge < -0.3 is 5.11 Å². The van der Waals surface area contributed by atoms with Crippen molar-refractivity contribution in [3.05, 3.63) is 58.6 Å². The Bertz CT molecular complexity index is 1090. The predicted octanol–water partition coefficient (Wildman–Crippen LogP) is 11.8. The number of aliphatic hydroxyl groups is 1. The lowest BCUT2D eigenvalue weighted by atomic mass is 9.95. The number of halogens is 1. The van der Waals surface area contributed by atoms with Gasteiger partial charge in [0.15, 0.2) is 0 Å². The zero-order chi connectivity index (χ0) is 28.6. The average Bonchev–Trinajstić information content (AvgIpc) is 2.98. The van der Waals surface area contributed by atoms with Gasteiger partial charge in [0.05, 0.1) is 6.10 Å². The van der Waals surface area contributed by atoms with Gasteiger partial charge >= 0.3 is 0 Å². The van der Waals surface area contributed by atoms with Crippen LogP contribution in [-0.4, -0.2) is 29.1 Å². The molecule has 3 aromatic carbocycles. The Labute approximate surface area is 254 Å². The van der Waals surface area contributed by atoms with Crippen molar-refractivity contribution in [3.8, 4) is 0 Å². The second-order valence-corrected chi connectivity index (χ2v) is 12.9. The summed E-state index contributed by atoms with van der Waals surface area (Å²) >= 11 is 3.75. The van der Waals surface area contributed by atoms with Crippen LogP contribution in [0.25, 0.3) is 21.5 Å². The van der Waals surface area contributed by atoms with Gasteiger partial charge in [-0.3, -0.25) is 4.90 Å². The van der Waals surface area contributed by atoms with Crippen LogP contribution in [0.1, 0.15) is 135 Å². The predicted molar refractivity (Wildman–Crippen MR) is 180 cm³/mol. The summed E-state index contributed by atoms with van der Waals surface area (Å²) in [5.74, 6) is 0. The molecule has 0 saturated carbocycles. The quantitative estimate of drug-likeness (QED) is 0.0958. The van der Waals surface area contributed by atoms with E-state index in [2.05, 4.69) is 90.1 Å². The van der Waals surface area contributed by atoms with Crippen molar-refractivity contribution in [2.45, 2.75) is 136 Å². The molecule has 1 N–H and O–H groups in total. The third-order valence-corrected chi connectivity index (χ3v) is 9.46. The van der Waals surface area contributed by atoms with E-state index in [0.717, 1.165) is 23.1 Å². The van der Waals surface area contributed by atoms with Gasteiger partial charge in [-0.15, -0.1) is 0 Å². The fourth-order valence-electron chi connectivity index (χ4n) is 6.15. The first kappa shape index (κ1) is 33.1. The van der Waals surface area contributed by atoms with Crippen LogP contribution in [0.5, 0.6) is 0 Å². The molecule has 0 unspecified atom stereocenters. The first-order valence-electron chi connectivity index (χ1n) is 16.6. The van der Waals surface area contributed by atoms with Crippen molar-refractivity contribution < 1.29 is 5.11 Å². The standard InChI is InChI=1S/C37H56BrNO/c1-4-6-8-10-12-14-16-20-26-39(27-21-17-15-13-11-9-7-5-2)30(3)37(40)32-25-24-31-29-36(38)34-23-19-18-22-33(34)35(31)28-32/h18-19,22-25,28-30,37,40H,4-17,20-21,26-27H2,1-3H3/t30-,37+/m0/s1. The van der Waals surface area contributed by atoms with Crippen molar-refractivity contribution in [1.29, 1.82) is 0 Å². The minimum absolute atomic E-state index is 0.105. The average molecular weight is 611 g/mol. The highest BCUT2D eigenvalue weighted by atomic mass is 79.9. The molecule has 2 nitrogen and oxygen atoms in total. The van der Waals surface area contributed by atoms with E-state index in [9.17, 15) is 5.11 Å². The van der Waals surface area contributed by atoms with Gasteiger partial charge in [0.25, 0.3) is 0 Å². The van der Waals surface area contributed by atoms with E-state index in [-0.39, 0.29) is 6.04 Å². The molecule has 222 valence electrons. The number of nitrogens with zero attached hydrogens (tertiary/aromatic N) is 1. The molecule has 0 aliphatic heterocycles. The lowest BCUT2D eigenvalue weighted by Crippen LogP contribution is -2.39. The van der Waals surface area contributed by atoms with Crippen LogP contribution in [0.15, 0.2) is 53.0 Å². The lowest BCUT2D eigenvalue weighted by molar-refractivity contribution is 0.0555. The Hall–Kier alpha value is -1.42. The van der Waals surface area contributed by atoms with Gasteiger partial charge in [-0.1, -0.05) is 156 Å². The number of rotatable bonds is 21. The van der Waals surface area contributed by atoms with E-state index >= 15 is 0 Å². The molecular weight excluding hydrogens is 554 g/mol. The lowest BCUT2D eigenvalue weighted by Gasteiger charge is -2.33. The Kier molecular flexibility index (Phi) is 15.6. The first-order valence-corrected chi connectivity index (χ1v) is 17.4. The molecule has 0 aromatic heterocycles. The van der Waals surface area contributed by atoms with Crippen LogP contribution in [0.2, 0.25) is 0 Å². The molecule has 3 aromatic rings. The fraction of sp³-hybridized carbons (Fsp3) is 0.622. The summed E-state index contributed by atoms with van der Waals surface area (Å²) in [4.78, 5) is 2.59. The summed E-state index contributed by atoms with van der Waals surface area (Å²) in [6.07, 6.45) is 21.0. The summed E-state index contributed by atoms with van der Waals surface area (Å²) in [5, 5.41) is 16.5. The Balaban J connectivity index is 1.62. The molecule has 0 amide bonds. The van der Waals surface area contributed by atoms with Crippen LogP contribution in [0.3, 0.4) is 0 Å². The number of benzene rings is 3. The Morgan fingerprint density at radius 1 is 0.625 bits per heavy atom. The SMILES string of the molecule is CCCCCCCCCCN(CCCCCCCCCC)[C@@H](C)[C@@H](O)c1ccc2cc(Br)c3ccccc3c2c1. The van der Waals surface area contributed by atoms with Gasteiger partial charge in [0, 0.05) is 10.5 Å². The summed E-state index contributed by atoms with van der Waals surface area (Å²) in [7, 11) is 0. The normalized spacial score (nSPS) is 13.4. The highest BCUT2D eigenvalue weighted by Gasteiger charge is 2.23. The van der Waals surface area contributed by atoms with Gasteiger partial charge in [-0.2, -0.15) is 0 Å². The van der Waals surface area contributed by atoms with Gasteiger partial charge in [-0.05, 0) is 72.1 Å². The molecular formula is C37H56BrNO. The number of hydrogen-bond acceptors (Lipinski definition) is 2. The second kappa shape index (κ2) is 18.9. The highest BCUT2D eigenvalue weighted by Crippen LogP contribution is 2.34. The summed E-state index contributed by atoms with van der Waals surface area (Å²) in [6.45, 7) is 9.00. The van der Waals surface area contributed by atoms with Crippen molar-refractivity contribution >= 4 is 37.5 Å². The van der Waals surface area contributed by atoms with E-state index < -0.39 is 6.10 Å². The third-order valence-electron chi connectivity index (χ3n) is 8.81. The molecule has 0 aliphatic rings. The number of fused-ring (bicyclic) bond motifs is 3. The number of hydrogen-bond donors (Lipinski definition) is 1. The van der Waals surface area contributed by atoms with E-state index in [1.165, 1.54) is 124 Å². The Morgan fingerprint density at radius 2 is 1.12 bits per heavy atom. The Morgan fingerprint density at radius 3 is 1.68 bits per heavy atom. The topological polar surface area (TPSA) is 23.5 Å². The van der Waals surface area contributed by atoms with E-state index in [0.29, 0.717) is 0 Å². The van der Waals surface area contributed by atoms with Crippen molar-refractivity contribution in [1.82, 2.24) is 4.90 Å². The van der Waals surface area contributed by atoms with Crippen LogP contribution >= 0.6 is 15.9 Å². The molecule has 0 aliphatic carbocycles. The first-order chi connectivity index (χ1) is 19.6. The maximum atomic E-state index is 11.6. The number of aliphatic hydroxyl groups excluding tert-OH is 1. The fourth-order valence-corrected chi connectivity index (χ4v) is 6.74. The van der Waals surface area contributed by atoms with Crippen molar-refractivity contribution in [2.75, 3.05) is 13.1 Å². The molecule has 0 spiro atoms. The molecule has 3 rings (SSSR count). The van der Waals surface area contributed by atoms with E-state index in [1.807, 2.05) is 0 Å².